The Labute approximate surface area is 160 Å². The minimum absolute atomic E-state index is 0.0833. The molecule has 0 bridgehead atoms. The largest absolute Gasteiger partial charge is 0.497 e. The maximum atomic E-state index is 11.8. The fourth-order valence-corrected chi connectivity index (χ4v) is 4.40. The lowest BCUT2D eigenvalue weighted by Crippen LogP contribution is -2.35. The number of nitrogens with zero attached hydrogens (tertiary/aromatic N) is 1. The van der Waals surface area contributed by atoms with E-state index in [9.17, 15) is 13.7 Å². The number of nitrogens with two attached hydrogens (primary N) is 1. The highest BCUT2D eigenvalue weighted by Crippen LogP contribution is 2.41. The van der Waals surface area contributed by atoms with Gasteiger partial charge in [0.2, 0.25) is 10.0 Å². The number of rotatable bonds is 5. The predicted molar refractivity (Wildman–Crippen MR) is 104 cm³/mol. The maximum Gasteiger partial charge on any atom is 0.240 e. The van der Waals surface area contributed by atoms with Gasteiger partial charge in [-0.15, -0.1) is 0 Å². The van der Waals surface area contributed by atoms with Crippen LogP contribution in [0.4, 0.5) is 5.69 Å². The molecular weight excluding hydrogens is 362 g/mol. The number of hydrogen-bond acceptors (Lipinski definition) is 5. The fourth-order valence-electron chi connectivity index (χ4n) is 3.69. The molecule has 0 spiro atoms. The molecule has 1 saturated carbocycles. The SMILES string of the molecule is COc1cccc(C2(C#N)CCC(Nc3ccccc3S(N)(=O)=O)CC2)c1. The Morgan fingerprint density at radius 3 is 2.52 bits per heavy atom. The van der Waals surface area contributed by atoms with E-state index in [2.05, 4.69) is 11.4 Å². The van der Waals surface area contributed by atoms with Crippen LogP contribution in [0.2, 0.25) is 0 Å². The normalized spacial score (nSPS) is 22.6. The van der Waals surface area contributed by atoms with Gasteiger partial charge in [-0.25, -0.2) is 13.6 Å². The number of anilines is 1. The van der Waals surface area contributed by atoms with Crippen LogP contribution >= 0.6 is 0 Å². The van der Waals surface area contributed by atoms with Crippen LogP contribution in [-0.2, 0) is 15.4 Å². The Hall–Kier alpha value is -2.56. The first kappa shape index (κ1) is 19.2. The van der Waals surface area contributed by atoms with Crippen molar-refractivity contribution in [1.82, 2.24) is 0 Å². The Morgan fingerprint density at radius 2 is 1.89 bits per heavy atom. The van der Waals surface area contributed by atoms with E-state index in [-0.39, 0.29) is 10.9 Å². The zero-order valence-electron chi connectivity index (χ0n) is 15.2. The summed E-state index contributed by atoms with van der Waals surface area (Å²) in [6.07, 6.45) is 2.88. The summed E-state index contributed by atoms with van der Waals surface area (Å²) in [5, 5.41) is 18.5. The van der Waals surface area contributed by atoms with Gasteiger partial charge in [0, 0.05) is 6.04 Å². The molecule has 27 heavy (non-hydrogen) atoms. The zero-order chi connectivity index (χ0) is 19.5. The second-order valence-corrected chi connectivity index (χ2v) is 8.42. The van der Waals surface area contributed by atoms with Gasteiger partial charge in [-0.3, -0.25) is 0 Å². The number of methoxy groups -OCH3 is 1. The average molecular weight is 385 g/mol. The Bertz CT molecular complexity index is 958. The Balaban J connectivity index is 1.76. The van der Waals surface area contributed by atoms with Gasteiger partial charge in [-0.2, -0.15) is 5.26 Å². The number of sulfonamides is 1. The van der Waals surface area contributed by atoms with Gasteiger partial charge in [0.1, 0.15) is 10.6 Å². The van der Waals surface area contributed by atoms with Gasteiger partial charge in [-0.05, 0) is 55.5 Å². The van der Waals surface area contributed by atoms with Crippen LogP contribution in [0.15, 0.2) is 53.4 Å². The number of hydrogen-bond donors (Lipinski definition) is 2. The molecule has 7 heteroatoms. The molecule has 1 aliphatic carbocycles. The van der Waals surface area contributed by atoms with Crippen molar-refractivity contribution >= 4 is 15.7 Å². The second-order valence-electron chi connectivity index (χ2n) is 6.89. The van der Waals surface area contributed by atoms with Gasteiger partial charge >= 0.3 is 0 Å². The first-order valence-electron chi connectivity index (χ1n) is 8.82. The summed E-state index contributed by atoms with van der Waals surface area (Å²) in [6.45, 7) is 0. The molecule has 0 unspecified atom stereocenters. The van der Waals surface area contributed by atoms with Crippen molar-refractivity contribution in [3.05, 3.63) is 54.1 Å². The van der Waals surface area contributed by atoms with Crippen molar-refractivity contribution in [1.29, 1.82) is 5.26 Å². The molecule has 0 aliphatic heterocycles. The van der Waals surface area contributed by atoms with Crippen LogP contribution in [0.5, 0.6) is 5.75 Å². The van der Waals surface area contributed by atoms with Crippen molar-refractivity contribution < 1.29 is 13.2 Å². The average Bonchev–Trinajstić information content (AvgIpc) is 2.68. The van der Waals surface area contributed by atoms with Crippen molar-refractivity contribution in [2.45, 2.75) is 42.0 Å². The third-order valence-corrected chi connectivity index (χ3v) is 6.20. The molecule has 0 saturated heterocycles. The predicted octanol–water partition coefficient (Wildman–Crippen LogP) is 3.16. The quantitative estimate of drug-likeness (QED) is 0.822. The first-order valence-corrected chi connectivity index (χ1v) is 10.4. The van der Waals surface area contributed by atoms with Crippen molar-refractivity contribution in [3.8, 4) is 11.8 Å². The molecule has 0 aromatic heterocycles. The maximum absolute atomic E-state index is 11.8. The van der Waals surface area contributed by atoms with Crippen molar-refractivity contribution in [3.63, 3.8) is 0 Å². The van der Waals surface area contributed by atoms with E-state index in [0.717, 1.165) is 24.2 Å². The number of benzene rings is 2. The molecule has 0 amide bonds. The van der Waals surface area contributed by atoms with Crippen LogP contribution < -0.4 is 15.2 Å². The van der Waals surface area contributed by atoms with E-state index < -0.39 is 15.4 Å². The summed E-state index contributed by atoms with van der Waals surface area (Å²) in [6, 6.07) is 16.9. The molecule has 0 radical (unpaired) electrons. The number of nitriles is 1. The topological polar surface area (TPSA) is 105 Å². The molecule has 1 aliphatic rings. The molecule has 0 heterocycles. The summed E-state index contributed by atoms with van der Waals surface area (Å²) < 4.78 is 28.8. The highest BCUT2D eigenvalue weighted by atomic mass is 32.2. The minimum atomic E-state index is -3.79. The summed E-state index contributed by atoms with van der Waals surface area (Å²) in [5.74, 6) is 0.740. The van der Waals surface area contributed by atoms with Gasteiger partial charge in [0.15, 0.2) is 0 Å². The summed E-state index contributed by atoms with van der Waals surface area (Å²) >= 11 is 0. The van der Waals surface area contributed by atoms with Gasteiger partial charge in [0.05, 0.1) is 24.3 Å². The molecule has 142 valence electrons. The summed E-state index contributed by atoms with van der Waals surface area (Å²) in [7, 11) is -2.18. The van der Waals surface area contributed by atoms with E-state index in [4.69, 9.17) is 9.88 Å². The summed E-state index contributed by atoms with van der Waals surface area (Å²) in [5.41, 5.74) is 0.926. The molecule has 3 rings (SSSR count). The molecule has 3 N–H and O–H groups in total. The summed E-state index contributed by atoms with van der Waals surface area (Å²) in [4.78, 5) is 0.0925. The van der Waals surface area contributed by atoms with E-state index in [1.807, 2.05) is 24.3 Å². The molecule has 6 nitrogen and oxygen atoms in total. The number of para-hydroxylation sites is 1. The van der Waals surface area contributed by atoms with Gasteiger partial charge < -0.3 is 10.1 Å². The minimum Gasteiger partial charge on any atom is -0.497 e. The standard InChI is InChI=1S/C20H23N3O3S/c1-26-17-6-4-5-15(13-17)20(14-21)11-9-16(10-12-20)23-18-7-2-3-8-19(18)27(22,24)25/h2-8,13,16,23H,9-12H2,1H3,(H2,22,24,25). The second kappa shape index (κ2) is 7.59. The lowest BCUT2D eigenvalue weighted by Gasteiger charge is -2.36. The number of primary sulfonamides is 1. The van der Waals surface area contributed by atoms with Crippen molar-refractivity contribution in [2.75, 3.05) is 12.4 Å². The zero-order valence-corrected chi connectivity index (χ0v) is 16.0. The monoisotopic (exact) mass is 385 g/mol. The van der Waals surface area contributed by atoms with E-state index in [1.54, 1.807) is 25.3 Å². The van der Waals surface area contributed by atoms with E-state index in [1.165, 1.54) is 6.07 Å². The smallest absolute Gasteiger partial charge is 0.240 e. The lowest BCUT2D eigenvalue weighted by atomic mass is 9.69. The highest BCUT2D eigenvalue weighted by molar-refractivity contribution is 7.89. The van der Waals surface area contributed by atoms with Crippen LogP contribution in [0.1, 0.15) is 31.2 Å². The van der Waals surface area contributed by atoms with Gasteiger partial charge in [0.25, 0.3) is 0 Å². The molecular formula is C20H23N3O3S. The van der Waals surface area contributed by atoms with Crippen LogP contribution in [-0.4, -0.2) is 21.6 Å². The van der Waals surface area contributed by atoms with Crippen LogP contribution in [0, 0.1) is 11.3 Å². The van der Waals surface area contributed by atoms with Crippen LogP contribution in [0.25, 0.3) is 0 Å². The van der Waals surface area contributed by atoms with E-state index >= 15 is 0 Å². The number of nitrogens with one attached hydrogen (secondary N) is 1. The Morgan fingerprint density at radius 1 is 1.19 bits per heavy atom. The highest BCUT2D eigenvalue weighted by Gasteiger charge is 2.37. The van der Waals surface area contributed by atoms with Crippen molar-refractivity contribution in [2.24, 2.45) is 5.14 Å². The molecule has 0 atom stereocenters. The molecule has 2 aromatic rings. The third kappa shape index (κ3) is 4.07. The lowest BCUT2D eigenvalue weighted by molar-refractivity contribution is 0.342. The van der Waals surface area contributed by atoms with E-state index in [0.29, 0.717) is 18.5 Å². The third-order valence-electron chi connectivity index (χ3n) is 5.23. The fraction of sp³-hybridized carbons (Fsp3) is 0.350. The van der Waals surface area contributed by atoms with Gasteiger partial charge in [-0.1, -0.05) is 24.3 Å². The first-order chi connectivity index (χ1) is 12.9. The Kier molecular flexibility index (Phi) is 5.40. The molecule has 2 aromatic carbocycles. The van der Waals surface area contributed by atoms with Crippen LogP contribution in [0.3, 0.4) is 0 Å². The molecule has 1 fully saturated rings. The number of ether oxygens (including phenoxy) is 1.